The minimum absolute atomic E-state index is 0.0659. The van der Waals surface area contributed by atoms with Crippen molar-refractivity contribution >= 4 is 34.6 Å². The van der Waals surface area contributed by atoms with E-state index in [-0.39, 0.29) is 11.9 Å². The Hall–Kier alpha value is -2.95. The third-order valence-electron chi connectivity index (χ3n) is 4.76. The summed E-state index contributed by atoms with van der Waals surface area (Å²) in [4.78, 5) is 30.7. The Balaban J connectivity index is 1.80. The van der Waals surface area contributed by atoms with Gasteiger partial charge in [-0.1, -0.05) is 42.8 Å². The lowest BCUT2D eigenvalue weighted by Gasteiger charge is -2.14. The van der Waals surface area contributed by atoms with E-state index in [1.807, 2.05) is 36.4 Å². The van der Waals surface area contributed by atoms with Gasteiger partial charge in [0.15, 0.2) is 0 Å². The van der Waals surface area contributed by atoms with E-state index >= 15 is 0 Å². The van der Waals surface area contributed by atoms with Crippen LogP contribution in [0.1, 0.15) is 38.2 Å². The molecular formula is C21H20N2O3. The number of hydrogen-bond acceptors (Lipinski definition) is 4. The van der Waals surface area contributed by atoms with Gasteiger partial charge in [0.2, 0.25) is 0 Å². The van der Waals surface area contributed by atoms with E-state index in [9.17, 15) is 9.59 Å². The molecule has 1 saturated heterocycles. The number of ether oxygens (including phenoxy) is 1. The number of fused-ring (bicyclic) bond motifs is 2. The van der Waals surface area contributed by atoms with Crippen LogP contribution < -0.4 is 4.74 Å². The van der Waals surface area contributed by atoms with Crippen molar-refractivity contribution in [2.24, 2.45) is 4.99 Å². The number of rotatable bonds is 2. The summed E-state index contributed by atoms with van der Waals surface area (Å²) < 4.78 is 5.49. The first-order valence-corrected chi connectivity index (χ1v) is 8.95. The fourth-order valence-corrected chi connectivity index (χ4v) is 3.53. The van der Waals surface area contributed by atoms with E-state index < -0.39 is 0 Å². The maximum atomic E-state index is 12.7. The van der Waals surface area contributed by atoms with Crippen LogP contribution in [-0.4, -0.2) is 29.2 Å². The van der Waals surface area contributed by atoms with Crippen molar-refractivity contribution in [3.05, 3.63) is 47.7 Å². The van der Waals surface area contributed by atoms with Crippen molar-refractivity contribution < 1.29 is 14.3 Å². The van der Waals surface area contributed by atoms with Gasteiger partial charge in [-0.05, 0) is 24.3 Å². The zero-order valence-electron chi connectivity index (χ0n) is 14.7. The van der Waals surface area contributed by atoms with Gasteiger partial charge in [0.25, 0.3) is 5.91 Å². The molecule has 5 nitrogen and oxygen atoms in total. The zero-order valence-corrected chi connectivity index (χ0v) is 14.7. The number of aliphatic imine (C=N–C) groups is 1. The molecule has 0 saturated carbocycles. The van der Waals surface area contributed by atoms with Crippen LogP contribution in [0.25, 0.3) is 16.8 Å². The number of carbonyl (C=O) groups excluding carboxylic acids is 2. The van der Waals surface area contributed by atoms with Crippen LogP contribution >= 0.6 is 0 Å². The number of esters is 1. The number of benzene rings is 2. The molecule has 2 aromatic rings. The van der Waals surface area contributed by atoms with E-state index in [0.29, 0.717) is 17.0 Å². The second kappa shape index (κ2) is 6.75. The van der Waals surface area contributed by atoms with Crippen LogP contribution in [0.4, 0.5) is 0 Å². The Morgan fingerprint density at radius 3 is 2.85 bits per heavy atom. The molecule has 2 aliphatic heterocycles. The third kappa shape index (κ3) is 3.01. The molecule has 1 fully saturated rings. The van der Waals surface area contributed by atoms with Gasteiger partial charge in [0, 0.05) is 30.8 Å². The first-order chi connectivity index (χ1) is 12.6. The Bertz CT molecular complexity index is 959. The lowest BCUT2D eigenvalue weighted by Crippen LogP contribution is -2.31. The number of carbonyl (C=O) groups is 2. The van der Waals surface area contributed by atoms with E-state index in [0.717, 1.165) is 48.8 Å². The van der Waals surface area contributed by atoms with Crippen LogP contribution in [0.3, 0.4) is 0 Å². The van der Waals surface area contributed by atoms with Gasteiger partial charge < -0.3 is 4.74 Å². The maximum Gasteiger partial charge on any atom is 0.308 e. The van der Waals surface area contributed by atoms with Crippen LogP contribution in [0.15, 0.2) is 47.1 Å². The number of amides is 1. The highest BCUT2D eigenvalue weighted by Gasteiger charge is 2.30. The van der Waals surface area contributed by atoms with E-state index in [1.54, 1.807) is 11.0 Å². The van der Waals surface area contributed by atoms with E-state index in [1.165, 1.54) is 6.92 Å². The molecule has 2 aromatic carbocycles. The molecule has 2 aliphatic rings. The smallest absolute Gasteiger partial charge is 0.308 e. The molecule has 132 valence electrons. The van der Waals surface area contributed by atoms with Crippen molar-refractivity contribution in [1.82, 2.24) is 4.90 Å². The van der Waals surface area contributed by atoms with E-state index in [2.05, 4.69) is 4.99 Å². The average molecular weight is 348 g/mol. The van der Waals surface area contributed by atoms with Gasteiger partial charge in [-0.15, -0.1) is 0 Å². The molecular weight excluding hydrogens is 328 g/mol. The van der Waals surface area contributed by atoms with Gasteiger partial charge in [0.05, 0.1) is 0 Å². The van der Waals surface area contributed by atoms with Gasteiger partial charge in [0.1, 0.15) is 17.3 Å². The first kappa shape index (κ1) is 16.5. The summed E-state index contributed by atoms with van der Waals surface area (Å²) in [6.45, 7) is 2.10. The molecule has 26 heavy (non-hydrogen) atoms. The van der Waals surface area contributed by atoms with E-state index in [4.69, 9.17) is 4.74 Å². The van der Waals surface area contributed by atoms with Gasteiger partial charge in [-0.25, -0.2) is 4.99 Å². The molecule has 0 bridgehead atoms. The Labute approximate surface area is 152 Å². The fourth-order valence-electron chi connectivity index (χ4n) is 3.53. The minimum Gasteiger partial charge on any atom is -0.425 e. The second-order valence-electron chi connectivity index (χ2n) is 6.62. The Morgan fingerprint density at radius 2 is 2.00 bits per heavy atom. The summed E-state index contributed by atoms with van der Waals surface area (Å²) in [7, 11) is 0. The molecule has 0 radical (unpaired) electrons. The first-order valence-electron chi connectivity index (χ1n) is 8.95. The highest BCUT2D eigenvalue weighted by atomic mass is 16.5. The molecule has 0 unspecified atom stereocenters. The predicted octanol–water partition coefficient (Wildman–Crippen LogP) is 3.92. The Kier molecular flexibility index (Phi) is 4.29. The molecule has 2 heterocycles. The number of nitrogens with zero attached hydrogens (tertiary/aromatic N) is 2. The van der Waals surface area contributed by atoms with Crippen LogP contribution in [0.2, 0.25) is 0 Å². The topological polar surface area (TPSA) is 59.0 Å². The quantitative estimate of drug-likeness (QED) is 0.469. The van der Waals surface area contributed by atoms with Crippen molar-refractivity contribution in [2.75, 3.05) is 6.54 Å². The maximum absolute atomic E-state index is 12.7. The fraction of sp³-hybridized carbons (Fsp3) is 0.286. The van der Waals surface area contributed by atoms with Gasteiger partial charge in [-0.2, -0.15) is 0 Å². The normalized spacial score (nSPS) is 18.7. The average Bonchev–Trinajstić information content (AvgIpc) is 2.80. The van der Waals surface area contributed by atoms with Crippen LogP contribution in [0, 0.1) is 0 Å². The molecule has 0 aromatic heterocycles. The molecule has 0 N–H and O–H groups in total. The Morgan fingerprint density at radius 1 is 1.15 bits per heavy atom. The SMILES string of the molecule is CC(=O)Oc1c(C=C2N=C3CCCCCN3C2=O)ccc2ccccc12. The lowest BCUT2D eigenvalue weighted by molar-refractivity contribution is -0.131. The molecule has 0 spiro atoms. The zero-order chi connectivity index (χ0) is 18.1. The van der Waals surface area contributed by atoms with Gasteiger partial charge in [-0.3, -0.25) is 14.5 Å². The monoisotopic (exact) mass is 348 g/mol. The molecule has 1 amide bonds. The summed E-state index contributed by atoms with van der Waals surface area (Å²) in [6.07, 6.45) is 5.76. The number of amidine groups is 1. The summed E-state index contributed by atoms with van der Waals surface area (Å²) >= 11 is 0. The molecule has 4 rings (SSSR count). The van der Waals surface area contributed by atoms with Crippen LogP contribution in [0.5, 0.6) is 5.75 Å². The van der Waals surface area contributed by atoms with Crippen molar-refractivity contribution in [3.8, 4) is 5.75 Å². The van der Waals surface area contributed by atoms with Crippen molar-refractivity contribution in [1.29, 1.82) is 0 Å². The lowest BCUT2D eigenvalue weighted by atomic mass is 10.0. The summed E-state index contributed by atoms with van der Waals surface area (Å²) in [5.41, 5.74) is 1.09. The molecule has 0 atom stereocenters. The summed E-state index contributed by atoms with van der Waals surface area (Å²) in [5, 5.41) is 1.81. The van der Waals surface area contributed by atoms with Gasteiger partial charge >= 0.3 is 5.97 Å². The standard InChI is InChI=1S/C21H20N2O3/c1-14(24)26-20-16(11-10-15-7-4-5-8-17(15)20)13-18-21(25)23-12-6-2-3-9-19(23)22-18/h4-5,7-8,10-11,13H,2-3,6,9,12H2,1H3. The molecule has 0 aliphatic carbocycles. The summed E-state index contributed by atoms with van der Waals surface area (Å²) in [6, 6.07) is 11.5. The number of hydrogen-bond donors (Lipinski definition) is 0. The summed E-state index contributed by atoms with van der Waals surface area (Å²) in [5.74, 6) is 0.870. The minimum atomic E-state index is -0.390. The predicted molar refractivity (Wildman–Crippen MR) is 101 cm³/mol. The highest BCUT2D eigenvalue weighted by Crippen LogP contribution is 2.33. The largest absolute Gasteiger partial charge is 0.425 e. The van der Waals surface area contributed by atoms with Crippen molar-refractivity contribution in [2.45, 2.75) is 32.6 Å². The van der Waals surface area contributed by atoms with Crippen molar-refractivity contribution in [3.63, 3.8) is 0 Å². The van der Waals surface area contributed by atoms with Crippen LogP contribution in [-0.2, 0) is 9.59 Å². The second-order valence-corrected chi connectivity index (χ2v) is 6.62. The molecule has 5 heteroatoms. The highest BCUT2D eigenvalue weighted by molar-refractivity contribution is 6.14. The third-order valence-corrected chi connectivity index (χ3v) is 4.76.